The Morgan fingerprint density at radius 2 is 1.85 bits per heavy atom. The lowest BCUT2D eigenvalue weighted by Crippen LogP contribution is -2.58. The number of aromatic nitrogens is 1. The minimum atomic E-state index is -4.80. The molecule has 0 amide bonds. The molecule has 0 bridgehead atoms. The third-order valence-corrected chi connectivity index (χ3v) is 8.45. The second-order valence-electron chi connectivity index (χ2n) is 8.69. The highest BCUT2D eigenvalue weighted by atomic mass is 32.2. The molecule has 6 nitrogen and oxygen atoms in total. The molecule has 1 aromatic carbocycles. The Kier molecular flexibility index (Phi) is 6.16. The van der Waals surface area contributed by atoms with Gasteiger partial charge in [0.15, 0.2) is 15.6 Å². The number of ketones is 1. The van der Waals surface area contributed by atoms with Crippen LogP contribution in [0.25, 0.3) is 0 Å². The molecule has 0 fully saturated rings. The molecule has 1 aromatic heterocycles. The van der Waals surface area contributed by atoms with Crippen LogP contribution < -0.4 is 5.73 Å². The number of carbonyl (C=O) groups excluding carboxylic acids is 1. The van der Waals surface area contributed by atoms with Crippen LogP contribution >= 0.6 is 0 Å². The number of sulfone groups is 1. The number of aryl methyl sites for hydroxylation is 1. The van der Waals surface area contributed by atoms with Gasteiger partial charge in [-0.3, -0.25) is 14.8 Å². The van der Waals surface area contributed by atoms with E-state index >= 15 is 0 Å². The lowest BCUT2D eigenvalue weighted by molar-refractivity contribution is -0.137. The zero-order valence-electron chi connectivity index (χ0n) is 18.2. The van der Waals surface area contributed by atoms with Crippen molar-refractivity contribution >= 4 is 21.5 Å². The van der Waals surface area contributed by atoms with E-state index in [9.17, 15) is 30.8 Å². The second-order valence-corrected chi connectivity index (χ2v) is 11.1. The Morgan fingerprint density at radius 1 is 1.18 bits per heavy atom. The van der Waals surface area contributed by atoms with Crippen molar-refractivity contribution in [2.45, 2.75) is 50.1 Å². The van der Waals surface area contributed by atoms with Gasteiger partial charge in [0, 0.05) is 18.2 Å². The summed E-state index contributed by atoms with van der Waals surface area (Å²) in [6.07, 6.45) is -5.11. The van der Waals surface area contributed by atoms with Gasteiger partial charge in [-0.15, -0.1) is 0 Å². The van der Waals surface area contributed by atoms with Crippen molar-refractivity contribution < 1.29 is 30.8 Å². The first-order valence-electron chi connectivity index (χ1n) is 9.96. The second kappa shape index (κ2) is 8.19. The van der Waals surface area contributed by atoms with Gasteiger partial charge in [-0.05, 0) is 50.1 Å². The van der Waals surface area contributed by atoms with Gasteiger partial charge in [0.1, 0.15) is 27.6 Å². The summed E-state index contributed by atoms with van der Waals surface area (Å²) in [6, 6.07) is 7.00. The van der Waals surface area contributed by atoms with Gasteiger partial charge in [-0.1, -0.05) is 12.1 Å². The summed E-state index contributed by atoms with van der Waals surface area (Å²) in [5, 5.41) is 0. The number of carbonyl (C=O) groups is 1. The van der Waals surface area contributed by atoms with E-state index < -0.39 is 50.1 Å². The van der Waals surface area contributed by atoms with Gasteiger partial charge in [0.2, 0.25) is 0 Å². The van der Waals surface area contributed by atoms with E-state index in [2.05, 4.69) is 9.98 Å². The monoisotopic (exact) mass is 485 g/mol. The van der Waals surface area contributed by atoms with Gasteiger partial charge < -0.3 is 5.73 Å². The lowest BCUT2D eigenvalue weighted by atomic mass is 9.90. The summed E-state index contributed by atoms with van der Waals surface area (Å²) >= 11 is 0. The van der Waals surface area contributed by atoms with Gasteiger partial charge in [-0.2, -0.15) is 13.2 Å². The Bertz CT molecular complexity index is 1230. The first-order chi connectivity index (χ1) is 15.1. The van der Waals surface area contributed by atoms with Gasteiger partial charge in [0.05, 0.1) is 12.2 Å². The molecule has 3 rings (SSSR count). The minimum Gasteiger partial charge on any atom is -0.386 e. The number of alkyl halides is 3. The van der Waals surface area contributed by atoms with E-state index in [-0.39, 0.29) is 23.5 Å². The van der Waals surface area contributed by atoms with Crippen LogP contribution in [0.3, 0.4) is 0 Å². The van der Waals surface area contributed by atoms with Crippen LogP contribution in [0.4, 0.5) is 17.6 Å². The molecule has 0 unspecified atom stereocenters. The van der Waals surface area contributed by atoms with Gasteiger partial charge in [0.25, 0.3) is 0 Å². The fraction of sp³-hybridized carbons (Fsp3) is 0.409. The number of Topliss-reactive ketones (excluding diaryl/α,β-unsaturated/α-hetero) is 1. The fourth-order valence-electron chi connectivity index (χ4n) is 3.83. The number of nitrogens with two attached hydrogens (primary N) is 1. The van der Waals surface area contributed by atoms with Crippen molar-refractivity contribution in [3.8, 4) is 0 Å². The maximum Gasteiger partial charge on any atom is 0.391 e. The molecule has 0 saturated heterocycles. The number of nitrogens with zero attached hydrogens (tertiary/aromatic N) is 2. The van der Waals surface area contributed by atoms with Crippen LogP contribution in [0.5, 0.6) is 0 Å². The minimum absolute atomic E-state index is 0.142. The van der Waals surface area contributed by atoms with Crippen LogP contribution in [0.15, 0.2) is 41.5 Å². The Hall–Kier alpha value is -2.82. The highest BCUT2D eigenvalue weighted by Crippen LogP contribution is 2.42. The molecular weight excluding hydrogens is 462 g/mol. The Balaban J connectivity index is 2.00. The number of amidine groups is 1. The zero-order chi connectivity index (χ0) is 24.8. The normalized spacial score (nSPS) is 24.9. The first-order valence-corrected chi connectivity index (χ1v) is 11.6. The molecule has 178 valence electrons. The molecule has 11 heteroatoms. The summed E-state index contributed by atoms with van der Waals surface area (Å²) in [6.45, 7) is 3.97. The predicted molar refractivity (Wildman–Crippen MR) is 115 cm³/mol. The average molecular weight is 486 g/mol. The van der Waals surface area contributed by atoms with Crippen molar-refractivity contribution in [1.82, 2.24) is 4.98 Å². The molecule has 2 heterocycles. The number of hydrogen-bond donors (Lipinski definition) is 1. The molecule has 1 aliphatic rings. The number of aliphatic imine (C=N–C) groups is 1. The molecule has 0 aliphatic carbocycles. The van der Waals surface area contributed by atoms with Crippen LogP contribution in [-0.4, -0.2) is 41.7 Å². The molecule has 2 aromatic rings. The number of hydrogen-bond acceptors (Lipinski definition) is 6. The molecule has 0 radical (unpaired) electrons. The molecule has 2 N–H and O–H groups in total. The van der Waals surface area contributed by atoms with E-state index in [1.807, 2.05) is 6.92 Å². The van der Waals surface area contributed by atoms with Gasteiger partial charge >= 0.3 is 6.18 Å². The van der Waals surface area contributed by atoms with E-state index in [1.54, 1.807) is 12.1 Å². The summed E-state index contributed by atoms with van der Waals surface area (Å²) in [7, 11) is -4.48. The standard InChI is InChI=1S/C22H23F4N3O3S/c1-13-4-7-17(28-10-13)18(30)9-14-5-6-16(23)15(8-14)20(2)12-33(31,32)21(3,19(27)29-20)11-22(24,25)26/h4-8,10H,9,11-12H2,1-3H3,(H2,27,29)/t20-,21-/m0/s1. The van der Waals surface area contributed by atoms with Crippen molar-refractivity contribution in [2.24, 2.45) is 10.7 Å². The number of pyridine rings is 1. The molecule has 0 saturated carbocycles. The Morgan fingerprint density at radius 3 is 2.39 bits per heavy atom. The van der Waals surface area contributed by atoms with Crippen molar-refractivity contribution in [1.29, 1.82) is 0 Å². The summed E-state index contributed by atoms with van der Waals surface area (Å²) in [5.74, 6) is -2.76. The third kappa shape index (κ3) is 4.92. The van der Waals surface area contributed by atoms with E-state index in [1.165, 1.54) is 25.3 Å². The smallest absolute Gasteiger partial charge is 0.386 e. The topological polar surface area (TPSA) is 102 Å². The number of rotatable bonds is 5. The van der Waals surface area contributed by atoms with E-state index in [4.69, 9.17) is 5.73 Å². The molecule has 2 atom stereocenters. The number of halogens is 4. The van der Waals surface area contributed by atoms with Crippen LogP contribution in [0, 0.1) is 12.7 Å². The maximum atomic E-state index is 14.8. The highest BCUT2D eigenvalue weighted by Gasteiger charge is 2.56. The largest absolute Gasteiger partial charge is 0.391 e. The quantitative estimate of drug-likeness (QED) is 0.514. The molecule has 0 spiro atoms. The lowest BCUT2D eigenvalue weighted by Gasteiger charge is -2.40. The predicted octanol–water partition coefficient (Wildman–Crippen LogP) is 3.67. The molecular formula is C22H23F4N3O3S. The maximum absolute atomic E-state index is 14.8. The van der Waals surface area contributed by atoms with E-state index in [0.717, 1.165) is 18.6 Å². The van der Waals surface area contributed by atoms with Crippen molar-refractivity contribution in [3.05, 3.63) is 64.7 Å². The highest BCUT2D eigenvalue weighted by molar-refractivity contribution is 7.93. The molecule has 1 aliphatic heterocycles. The number of benzene rings is 1. The van der Waals surface area contributed by atoms with E-state index in [0.29, 0.717) is 5.56 Å². The SMILES string of the molecule is Cc1ccc(C(=O)Cc2ccc(F)c([C@]3(C)CS(=O)(=O)[C@@](C)(CC(F)(F)F)C(N)=N3)c2)nc1. The fourth-order valence-corrected chi connectivity index (χ4v) is 5.86. The van der Waals surface area contributed by atoms with Crippen LogP contribution in [0.1, 0.15) is 47.4 Å². The first kappa shape index (κ1) is 24.8. The van der Waals surface area contributed by atoms with Gasteiger partial charge in [-0.25, -0.2) is 12.8 Å². The average Bonchev–Trinajstić information content (AvgIpc) is 2.67. The Labute approximate surface area is 188 Å². The van der Waals surface area contributed by atoms with Crippen LogP contribution in [0.2, 0.25) is 0 Å². The van der Waals surface area contributed by atoms with Crippen molar-refractivity contribution in [2.75, 3.05) is 5.75 Å². The molecule has 33 heavy (non-hydrogen) atoms. The summed E-state index contributed by atoms with van der Waals surface area (Å²) < 4.78 is 77.3. The van der Waals surface area contributed by atoms with Crippen molar-refractivity contribution in [3.63, 3.8) is 0 Å². The van der Waals surface area contributed by atoms with Crippen LogP contribution in [-0.2, 0) is 21.8 Å². The third-order valence-electron chi connectivity index (χ3n) is 5.78. The summed E-state index contributed by atoms with van der Waals surface area (Å²) in [5.41, 5.74) is 5.26. The summed E-state index contributed by atoms with van der Waals surface area (Å²) in [4.78, 5) is 20.6. The zero-order valence-corrected chi connectivity index (χ0v) is 19.0.